The largest absolute Gasteiger partial charge is 0.383 e. The standard InChI is InChI=1S/C30H38N4O3/c1-21(2)24-11-13-25(14-12-24)29-26-10-7-15-32(26)16-17-34(29)27(35)20-33(18-19-37-5)30(36)31-28-22(3)8-6-9-23(28)4/h6-15,21,29H,16-20H2,1-5H3,(H,31,36). The molecule has 2 heterocycles. The first-order chi connectivity index (χ1) is 17.8. The fourth-order valence-corrected chi connectivity index (χ4v) is 4.97. The Morgan fingerprint density at radius 1 is 1.03 bits per heavy atom. The Kier molecular flexibility index (Phi) is 8.34. The molecule has 0 saturated heterocycles. The zero-order valence-corrected chi connectivity index (χ0v) is 22.5. The first-order valence-corrected chi connectivity index (χ1v) is 13.0. The number of urea groups is 1. The molecular formula is C30H38N4O3. The predicted octanol–water partition coefficient (Wildman–Crippen LogP) is 5.34. The first-order valence-electron chi connectivity index (χ1n) is 13.0. The van der Waals surface area contributed by atoms with Gasteiger partial charge in [0, 0.05) is 44.3 Å². The molecule has 1 aliphatic rings. The Hall–Kier alpha value is -3.58. The van der Waals surface area contributed by atoms with E-state index in [1.54, 1.807) is 12.0 Å². The molecule has 0 saturated carbocycles. The van der Waals surface area contributed by atoms with Crippen LogP contribution in [0.1, 0.15) is 53.8 Å². The molecule has 0 aliphatic carbocycles. The summed E-state index contributed by atoms with van der Waals surface area (Å²) in [5.74, 6) is 0.352. The molecule has 2 aromatic carbocycles. The van der Waals surface area contributed by atoms with Gasteiger partial charge in [0.1, 0.15) is 6.54 Å². The van der Waals surface area contributed by atoms with Gasteiger partial charge < -0.3 is 24.4 Å². The summed E-state index contributed by atoms with van der Waals surface area (Å²) in [6.07, 6.45) is 2.06. The minimum Gasteiger partial charge on any atom is -0.383 e. The molecule has 196 valence electrons. The van der Waals surface area contributed by atoms with Gasteiger partial charge in [0.2, 0.25) is 5.91 Å². The third kappa shape index (κ3) is 5.88. The number of carbonyl (C=O) groups excluding carboxylic acids is 2. The number of aromatic nitrogens is 1. The van der Waals surface area contributed by atoms with Crippen LogP contribution in [-0.2, 0) is 16.1 Å². The van der Waals surface area contributed by atoms with E-state index in [0.29, 0.717) is 25.6 Å². The van der Waals surface area contributed by atoms with Gasteiger partial charge in [0.05, 0.1) is 12.6 Å². The third-order valence-electron chi connectivity index (χ3n) is 7.17. The Morgan fingerprint density at radius 2 is 1.73 bits per heavy atom. The van der Waals surface area contributed by atoms with Crippen molar-refractivity contribution in [3.05, 3.63) is 88.7 Å². The van der Waals surface area contributed by atoms with Crippen molar-refractivity contribution in [2.45, 2.75) is 46.2 Å². The van der Waals surface area contributed by atoms with Gasteiger partial charge in [-0.15, -0.1) is 0 Å². The van der Waals surface area contributed by atoms with Crippen LogP contribution < -0.4 is 5.32 Å². The number of ether oxygens (including phenoxy) is 1. The van der Waals surface area contributed by atoms with Crippen LogP contribution in [0.5, 0.6) is 0 Å². The van der Waals surface area contributed by atoms with Crippen molar-refractivity contribution in [1.29, 1.82) is 0 Å². The van der Waals surface area contributed by atoms with E-state index in [1.807, 2.05) is 43.0 Å². The molecule has 3 amide bonds. The van der Waals surface area contributed by atoms with E-state index in [1.165, 1.54) is 5.56 Å². The topological polar surface area (TPSA) is 66.8 Å². The number of carbonyl (C=O) groups is 2. The van der Waals surface area contributed by atoms with Crippen LogP contribution in [0, 0.1) is 13.8 Å². The Labute approximate surface area is 220 Å². The molecule has 0 radical (unpaired) electrons. The lowest BCUT2D eigenvalue weighted by Crippen LogP contribution is -2.49. The van der Waals surface area contributed by atoms with Gasteiger partial charge in [-0.05, 0) is 54.2 Å². The lowest BCUT2D eigenvalue weighted by molar-refractivity contribution is -0.134. The molecule has 1 aromatic heterocycles. The fraction of sp³-hybridized carbons (Fsp3) is 0.400. The average molecular weight is 503 g/mol. The number of benzene rings is 2. The van der Waals surface area contributed by atoms with Crippen molar-refractivity contribution in [3.8, 4) is 0 Å². The molecule has 0 spiro atoms. The van der Waals surface area contributed by atoms with E-state index in [0.717, 1.165) is 34.6 Å². The zero-order valence-electron chi connectivity index (χ0n) is 22.5. The lowest BCUT2D eigenvalue weighted by atomic mass is 9.95. The molecule has 37 heavy (non-hydrogen) atoms. The summed E-state index contributed by atoms with van der Waals surface area (Å²) in [6, 6.07) is 18.0. The van der Waals surface area contributed by atoms with Crippen molar-refractivity contribution in [1.82, 2.24) is 14.4 Å². The predicted molar refractivity (Wildman–Crippen MR) is 147 cm³/mol. The van der Waals surface area contributed by atoms with Crippen molar-refractivity contribution in [2.75, 3.05) is 38.7 Å². The van der Waals surface area contributed by atoms with Gasteiger partial charge in [0.15, 0.2) is 0 Å². The molecule has 7 heteroatoms. The van der Waals surface area contributed by atoms with Crippen molar-refractivity contribution >= 4 is 17.6 Å². The van der Waals surface area contributed by atoms with Crippen LogP contribution in [0.25, 0.3) is 0 Å². The SMILES string of the molecule is COCCN(CC(=O)N1CCn2cccc2C1c1ccc(C(C)C)cc1)C(=O)Nc1c(C)cccc1C. The van der Waals surface area contributed by atoms with Gasteiger partial charge in [-0.3, -0.25) is 4.79 Å². The van der Waals surface area contributed by atoms with E-state index in [-0.39, 0.29) is 24.5 Å². The van der Waals surface area contributed by atoms with Crippen molar-refractivity contribution < 1.29 is 14.3 Å². The maximum atomic E-state index is 13.8. The summed E-state index contributed by atoms with van der Waals surface area (Å²) in [7, 11) is 1.60. The van der Waals surface area contributed by atoms with E-state index >= 15 is 0 Å². The summed E-state index contributed by atoms with van der Waals surface area (Å²) in [6.45, 7) is 10.2. The minimum atomic E-state index is -0.305. The molecule has 4 rings (SSSR count). The first kappa shape index (κ1) is 26.5. The van der Waals surface area contributed by atoms with Crippen LogP contribution in [0.15, 0.2) is 60.8 Å². The molecule has 1 aliphatic heterocycles. The van der Waals surface area contributed by atoms with Gasteiger partial charge >= 0.3 is 6.03 Å². The summed E-state index contributed by atoms with van der Waals surface area (Å²) in [5.41, 5.74) is 6.16. The summed E-state index contributed by atoms with van der Waals surface area (Å²) >= 11 is 0. The molecular weight excluding hydrogens is 464 g/mol. The number of para-hydroxylation sites is 1. The number of hydrogen-bond acceptors (Lipinski definition) is 3. The highest BCUT2D eigenvalue weighted by atomic mass is 16.5. The van der Waals surface area contributed by atoms with Gasteiger partial charge in [-0.2, -0.15) is 0 Å². The normalized spacial score (nSPS) is 15.0. The summed E-state index contributed by atoms with van der Waals surface area (Å²) in [5, 5.41) is 3.02. The molecule has 0 fully saturated rings. The zero-order chi connectivity index (χ0) is 26.5. The highest BCUT2D eigenvalue weighted by molar-refractivity contribution is 5.93. The van der Waals surface area contributed by atoms with E-state index in [2.05, 4.69) is 60.3 Å². The van der Waals surface area contributed by atoms with Crippen LogP contribution in [0.3, 0.4) is 0 Å². The molecule has 1 atom stereocenters. The molecule has 3 aromatic rings. The maximum Gasteiger partial charge on any atom is 0.322 e. The van der Waals surface area contributed by atoms with E-state index < -0.39 is 0 Å². The number of amides is 3. The number of anilines is 1. The average Bonchev–Trinajstić information content (AvgIpc) is 3.37. The van der Waals surface area contributed by atoms with Crippen LogP contribution >= 0.6 is 0 Å². The molecule has 7 nitrogen and oxygen atoms in total. The number of hydrogen-bond donors (Lipinski definition) is 1. The monoisotopic (exact) mass is 502 g/mol. The van der Waals surface area contributed by atoms with Crippen molar-refractivity contribution in [2.24, 2.45) is 0 Å². The molecule has 1 unspecified atom stereocenters. The third-order valence-corrected chi connectivity index (χ3v) is 7.17. The highest BCUT2D eigenvalue weighted by Crippen LogP contribution is 2.33. The minimum absolute atomic E-state index is 0.0264. The second-order valence-corrected chi connectivity index (χ2v) is 10.0. The fourth-order valence-electron chi connectivity index (χ4n) is 4.97. The van der Waals surface area contributed by atoms with E-state index in [9.17, 15) is 9.59 Å². The maximum absolute atomic E-state index is 13.8. The number of nitrogens with zero attached hydrogens (tertiary/aromatic N) is 3. The molecule has 0 bridgehead atoms. The summed E-state index contributed by atoms with van der Waals surface area (Å²) < 4.78 is 7.46. The quantitative estimate of drug-likeness (QED) is 0.452. The van der Waals surface area contributed by atoms with Crippen LogP contribution in [0.4, 0.5) is 10.5 Å². The van der Waals surface area contributed by atoms with Gasteiger partial charge in [-0.1, -0.05) is 56.3 Å². The van der Waals surface area contributed by atoms with Gasteiger partial charge in [-0.25, -0.2) is 4.79 Å². The molecule has 1 N–H and O–H groups in total. The number of rotatable bonds is 8. The number of aryl methyl sites for hydroxylation is 2. The number of methoxy groups -OCH3 is 1. The Balaban J connectivity index is 1.58. The lowest BCUT2D eigenvalue weighted by Gasteiger charge is -2.38. The number of nitrogens with one attached hydrogen (secondary N) is 1. The highest BCUT2D eigenvalue weighted by Gasteiger charge is 2.33. The second-order valence-electron chi connectivity index (χ2n) is 10.0. The van der Waals surface area contributed by atoms with E-state index in [4.69, 9.17) is 4.74 Å². The number of fused-ring (bicyclic) bond motifs is 1. The summed E-state index contributed by atoms with van der Waals surface area (Å²) in [4.78, 5) is 30.6. The second kappa shape index (κ2) is 11.6. The van der Waals surface area contributed by atoms with Crippen LogP contribution in [0.2, 0.25) is 0 Å². The smallest absolute Gasteiger partial charge is 0.322 e. The van der Waals surface area contributed by atoms with Gasteiger partial charge in [0.25, 0.3) is 0 Å². The van der Waals surface area contributed by atoms with Crippen molar-refractivity contribution in [3.63, 3.8) is 0 Å². The van der Waals surface area contributed by atoms with Crippen LogP contribution in [-0.4, -0.2) is 59.7 Å². The Bertz CT molecular complexity index is 1210. The Morgan fingerprint density at radius 3 is 2.38 bits per heavy atom.